The van der Waals surface area contributed by atoms with Crippen molar-refractivity contribution in [1.82, 2.24) is 14.7 Å². The average Bonchev–Trinajstić information content (AvgIpc) is 2.93. The molecule has 27 heavy (non-hydrogen) atoms. The Morgan fingerprint density at radius 2 is 1.93 bits per heavy atom. The number of amides is 1. The van der Waals surface area contributed by atoms with Gasteiger partial charge in [0, 0.05) is 20.1 Å². The molecule has 3 rings (SSSR count). The van der Waals surface area contributed by atoms with E-state index >= 15 is 0 Å². The summed E-state index contributed by atoms with van der Waals surface area (Å²) in [6.07, 6.45) is 4.31. The Bertz CT molecular complexity index is 777. The van der Waals surface area contributed by atoms with Gasteiger partial charge in [-0.05, 0) is 63.1 Å². The molecule has 1 aromatic carbocycles. The van der Waals surface area contributed by atoms with E-state index in [-0.39, 0.29) is 5.91 Å². The Morgan fingerprint density at radius 1 is 1.26 bits per heavy atom. The standard InChI is InChI=1S/C21H28ClN3O2/c1-4-27-18-9-7-16(8-10-18)5-6-17-11-13-25(14-12-17)21(26)19-15(2)23-24(3)20(19)22/h7-10,17H,4-6,11-14H2,1-3H3. The van der Waals surface area contributed by atoms with Crippen LogP contribution in [0, 0.1) is 12.8 Å². The number of carbonyl (C=O) groups excluding carboxylic acids is 1. The predicted molar refractivity (Wildman–Crippen MR) is 108 cm³/mol. The maximum absolute atomic E-state index is 12.8. The summed E-state index contributed by atoms with van der Waals surface area (Å²) >= 11 is 6.25. The van der Waals surface area contributed by atoms with E-state index in [4.69, 9.17) is 16.3 Å². The minimum absolute atomic E-state index is 0.00978. The topological polar surface area (TPSA) is 47.4 Å². The quantitative estimate of drug-likeness (QED) is 0.741. The summed E-state index contributed by atoms with van der Waals surface area (Å²) in [6.45, 7) is 6.10. The lowest BCUT2D eigenvalue weighted by Gasteiger charge is -2.32. The van der Waals surface area contributed by atoms with Gasteiger partial charge >= 0.3 is 0 Å². The van der Waals surface area contributed by atoms with Crippen molar-refractivity contribution in [2.24, 2.45) is 13.0 Å². The van der Waals surface area contributed by atoms with Gasteiger partial charge in [0.15, 0.2) is 0 Å². The molecule has 1 aliphatic rings. The Morgan fingerprint density at radius 3 is 2.48 bits per heavy atom. The van der Waals surface area contributed by atoms with Gasteiger partial charge < -0.3 is 9.64 Å². The predicted octanol–water partition coefficient (Wildman–Crippen LogP) is 4.27. The third-order valence-corrected chi connectivity index (χ3v) is 5.78. The van der Waals surface area contributed by atoms with Crippen LogP contribution in [0.25, 0.3) is 0 Å². The van der Waals surface area contributed by atoms with E-state index < -0.39 is 0 Å². The summed E-state index contributed by atoms with van der Waals surface area (Å²) in [6, 6.07) is 8.38. The first-order valence-corrected chi connectivity index (χ1v) is 10.1. The molecule has 0 atom stereocenters. The molecule has 0 aliphatic carbocycles. The fraction of sp³-hybridized carbons (Fsp3) is 0.524. The van der Waals surface area contributed by atoms with Crippen LogP contribution in [0.5, 0.6) is 5.75 Å². The molecule has 0 bridgehead atoms. The first-order chi connectivity index (χ1) is 13.0. The summed E-state index contributed by atoms with van der Waals surface area (Å²) in [7, 11) is 1.76. The Hall–Kier alpha value is -2.01. The van der Waals surface area contributed by atoms with Crippen LogP contribution in [-0.4, -0.2) is 40.3 Å². The summed E-state index contributed by atoms with van der Waals surface area (Å²) < 4.78 is 7.05. The molecule has 1 aromatic heterocycles. The summed E-state index contributed by atoms with van der Waals surface area (Å²) in [5.41, 5.74) is 2.59. The number of ether oxygens (including phenoxy) is 1. The zero-order valence-corrected chi connectivity index (χ0v) is 17.1. The number of piperidine rings is 1. The number of likely N-dealkylation sites (tertiary alicyclic amines) is 1. The normalized spacial score (nSPS) is 15.2. The molecule has 1 amide bonds. The second kappa shape index (κ2) is 8.79. The number of rotatable bonds is 6. The van der Waals surface area contributed by atoms with Gasteiger partial charge in [0.1, 0.15) is 10.9 Å². The van der Waals surface area contributed by atoms with Gasteiger partial charge in [-0.25, -0.2) is 0 Å². The lowest BCUT2D eigenvalue weighted by Crippen LogP contribution is -2.38. The minimum atomic E-state index is 0.00978. The zero-order chi connectivity index (χ0) is 19.4. The number of aromatic nitrogens is 2. The molecule has 5 nitrogen and oxygen atoms in total. The molecule has 146 valence electrons. The van der Waals surface area contributed by atoms with E-state index in [0.29, 0.717) is 28.9 Å². The fourth-order valence-electron chi connectivity index (χ4n) is 3.75. The molecule has 1 aliphatic heterocycles. The third-order valence-electron chi connectivity index (χ3n) is 5.34. The highest BCUT2D eigenvalue weighted by Gasteiger charge is 2.27. The van der Waals surface area contributed by atoms with Gasteiger partial charge in [-0.1, -0.05) is 23.7 Å². The Kier molecular flexibility index (Phi) is 6.42. The number of hydrogen-bond acceptors (Lipinski definition) is 3. The van der Waals surface area contributed by atoms with E-state index in [1.807, 2.05) is 30.9 Å². The van der Waals surface area contributed by atoms with Gasteiger partial charge in [-0.15, -0.1) is 0 Å². The highest BCUT2D eigenvalue weighted by Crippen LogP contribution is 2.26. The first-order valence-electron chi connectivity index (χ1n) is 9.69. The largest absolute Gasteiger partial charge is 0.494 e. The number of hydrogen-bond donors (Lipinski definition) is 0. The van der Waals surface area contributed by atoms with Gasteiger partial charge in [0.2, 0.25) is 0 Å². The minimum Gasteiger partial charge on any atom is -0.494 e. The molecular weight excluding hydrogens is 362 g/mol. The van der Waals surface area contributed by atoms with E-state index in [2.05, 4.69) is 17.2 Å². The van der Waals surface area contributed by atoms with Crippen molar-refractivity contribution in [3.05, 3.63) is 46.2 Å². The molecule has 1 fully saturated rings. The molecule has 0 unspecified atom stereocenters. The van der Waals surface area contributed by atoms with Crippen LogP contribution < -0.4 is 4.74 Å². The van der Waals surface area contributed by atoms with E-state index in [1.54, 1.807) is 11.7 Å². The molecule has 0 N–H and O–H groups in total. The second-order valence-corrected chi connectivity index (χ2v) is 7.58. The van der Waals surface area contributed by atoms with Gasteiger partial charge in [0.25, 0.3) is 5.91 Å². The van der Waals surface area contributed by atoms with Crippen molar-refractivity contribution in [2.75, 3.05) is 19.7 Å². The molecule has 2 heterocycles. The molecular formula is C21H28ClN3O2. The van der Waals surface area contributed by atoms with Crippen molar-refractivity contribution in [2.45, 2.75) is 39.5 Å². The highest BCUT2D eigenvalue weighted by atomic mass is 35.5. The number of carbonyl (C=O) groups is 1. The van der Waals surface area contributed by atoms with Crippen LogP contribution >= 0.6 is 11.6 Å². The van der Waals surface area contributed by atoms with Crippen LogP contribution in [0.15, 0.2) is 24.3 Å². The van der Waals surface area contributed by atoms with Crippen LogP contribution in [0.1, 0.15) is 47.8 Å². The van der Waals surface area contributed by atoms with Gasteiger partial charge in [-0.2, -0.15) is 5.10 Å². The SMILES string of the molecule is CCOc1ccc(CCC2CCN(C(=O)c3c(C)nn(C)c3Cl)CC2)cc1. The van der Waals surface area contributed by atoms with Crippen LogP contribution in [0.4, 0.5) is 0 Å². The third kappa shape index (κ3) is 4.64. The smallest absolute Gasteiger partial charge is 0.258 e. The monoisotopic (exact) mass is 389 g/mol. The molecule has 0 spiro atoms. The molecule has 6 heteroatoms. The zero-order valence-electron chi connectivity index (χ0n) is 16.4. The number of halogens is 1. The Balaban J connectivity index is 1.49. The van der Waals surface area contributed by atoms with Crippen LogP contribution in [0.2, 0.25) is 5.15 Å². The van der Waals surface area contributed by atoms with Gasteiger partial charge in [-0.3, -0.25) is 9.48 Å². The maximum atomic E-state index is 12.8. The van der Waals surface area contributed by atoms with Crippen LogP contribution in [0.3, 0.4) is 0 Å². The van der Waals surface area contributed by atoms with Crippen molar-refractivity contribution >= 4 is 17.5 Å². The molecule has 0 radical (unpaired) electrons. The fourth-order valence-corrected chi connectivity index (χ4v) is 4.00. The van der Waals surface area contributed by atoms with Crippen molar-refractivity contribution < 1.29 is 9.53 Å². The lowest BCUT2D eigenvalue weighted by atomic mass is 9.90. The van der Waals surface area contributed by atoms with Crippen molar-refractivity contribution in [1.29, 1.82) is 0 Å². The van der Waals surface area contributed by atoms with Gasteiger partial charge in [0.05, 0.1) is 17.9 Å². The summed E-state index contributed by atoms with van der Waals surface area (Å²) in [5, 5.41) is 4.68. The molecule has 1 saturated heterocycles. The van der Waals surface area contributed by atoms with E-state index in [0.717, 1.165) is 44.5 Å². The van der Waals surface area contributed by atoms with Crippen molar-refractivity contribution in [3.63, 3.8) is 0 Å². The maximum Gasteiger partial charge on any atom is 0.258 e. The summed E-state index contributed by atoms with van der Waals surface area (Å²) in [5.74, 6) is 1.60. The number of aryl methyl sites for hydroxylation is 3. The second-order valence-electron chi connectivity index (χ2n) is 7.23. The Labute approximate surface area is 166 Å². The van der Waals surface area contributed by atoms with E-state index in [1.165, 1.54) is 5.56 Å². The summed E-state index contributed by atoms with van der Waals surface area (Å²) in [4.78, 5) is 14.7. The number of nitrogens with zero attached hydrogens (tertiary/aromatic N) is 3. The number of benzene rings is 1. The first kappa shape index (κ1) is 19.7. The average molecular weight is 390 g/mol. The highest BCUT2D eigenvalue weighted by molar-refractivity contribution is 6.33. The van der Waals surface area contributed by atoms with Crippen LogP contribution in [-0.2, 0) is 13.5 Å². The van der Waals surface area contributed by atoms with Crippen molar-refractivity contribution in [3.8, 4) is 5.75 Å². The molecule has 2 aromatic rings. The lowest BCUT2D eigenvalue weighted by molar-refractivity contribution is 0.0686. The van der Waals surface area contributed by atoms with E-state index in [9.17, 15) is 4.79 Å². The molecule has 0 saturated carbocycles.